The molecule has 4 aromatic carbocycles. The summed E-state index contributed by atoms with van der Waals surface area (Å²) in [5, 5.41) is 4.61. The van der Waals surface area contributed by atoms with Crippen molar-refractivity contribution in [3.05, 3.63) is 119 Å². The Hall–Kier alpha value is -5.17. The van der Waals surface area contributed by atoms with Crippen LogP contribution < -0.4 is 19.7 Å². The molecular formula is C42H40N2O5. The lowest BCUT2D eigenvalue weighted by atomic mass is 9.48. The lowest BCUT2D eigenvalue weighted by Crippen LogP contribution is -2.54. The molecule has 1 heterocycles. The summed E-state index contributed by atoms with van der Waals surface area (Å²) in [5.41, 5.74) is 4.20. The number of hydrogen-bond donors (Lipinski definition) is 1. The smallest absolute Gasteiger partial charge is 0.335 e. The van der Waals surface area contributed by atoms with E-state index in [9.17, 15) is 14.4 Å². The molecule has 4 aliphatic carbocycles. The third-order valence-corrected chi connectivity index (χ3v) is 11.2. The van der Waals surface area contributed by atoms with E-state index in [0.29, 0.717) is 35.8 Å². The molecule has 248 valence electrons. The predicted molar refractivity (Wildman–Crippen MR) is 190 cm³/mol. The van der Waals surface area contributed by atoms with E-state index < -0.39 is 17.8 Å². The summed E-state index contributed by atoms with van der Waals surface area (Å²) in [6, 6.07) is 25.0. The van der Waals surface area contributed by atoms with Gasteiger partial charge in [-0.1, -0.05) is 60.7 Å². The molecule has 7 nitrogen and oxygen atoms in total. The van der Waals surface area contributed by atoms with E-state index >= 15 is 0 Å². The highest BCUT2D eigenvalue weighted by molar-refractivity contribution is 6.39. The number of imide groups is 2. The number of carbonyl (C=O) groups excluding carboxylic acids is 3. The van der Waals surface area contributed by atoms with Crippen molar-refractivity contribution >= 4 is 40.4 Å². The van der Waals surface area contributed by atoms with E-state index in [-0.39, 0.29) is 11.0 Å². The minimum atomic E-state index is -0.753. The summed E-state index contributed by atoms with van der Waals surface area (Å²) >= 11 is 0. The predicted octanol–water partition coefficient (Wildman–Crippen LogP) is 8.29. The first-order valence-corrected chi connectivity index (χ1v) is 17.3. The van der Waals surface area contributed by atoms with Crippen LogP contribution in [0.2, 0.25) is 0 Å². The van der Waals surface area contributed by atoms with E-state index in [4.69, 9.17) is 9.47 Å². The Balaban J connectivity index is 1.07. The van der Waals surface area contributed by atoms with Gasteiger partial charge >= 0.3 is 6.03 Å². The number of allylic oxidation sites excluding steroid dienone is 1. The number of anilines is 1. The van der Waals surface area contributed by atoms with Gasteiger partial charge in [0.15, 0.2) is 11.5 Å². The number of fused-ring (bicyclic) bond motifs is 1. The van der Waals surface area contributed by atoms with E-state index in [1.165, 1.54) is 50.2 Å². The number of nitrogens with one attached hydrogen (secondary N) is 1. The van der Waals surface area contributed by atoms with Gasteiger partial charge in [0.25, 0.3) is 11.8 Å². The molecule has 0 unspecified atom stereocenters. The fraction of sp³-hybridized carbons (Fsp3) is 0.310. The topological polar surface area (TPSA) is 84.9 Å². The number of urea groups is 1. The third kappa shape index (κ3) is 5.61. The Labute approximate surface area is 286 Å². The van der Waals surface area contributed by atoms with E-state index in [2.05, 4.69) is 42.2 Å². The Morgan fingerprint density at radius 3 is 2.27 bits per heavy atom. The van der Waals surface area contributed by atoms with Crippen molar-refractivity contribution in [2.45, 2.75) is 57.0 Å². The second kappa shape index (κ2) is 12.4. The van der Waals surface area contributed by atoms with Gasteiger partial charge < -0.3 is 9.47 Å². The molecule has 5 fully saturated rings. The molecule has 1 N–H and O–H groups in total. The third-order valence-electron chi connectivity index (χ3n) is 11.2. The van der Waals surface area contributed by atoms with Gasteiger partial charge in [-0.25, -0.2) is 9.69 Å². The lowest BCUT2D eigenvalue weighted by molar-refractivity contribution is -0.122. The number of nitrogens with zero attached hydrogens (tertiary/aromatic N) is 1. The maximum absolute atomic E-state index is 13.9. The molecule has 49 heavy (non-hydrogen) atoms. The number of ether oxygens (including phenoxy) is 2. The van der Waals surface area contributed by atoms with E-state index in [1.54, 1.807) is 19.3 Å². The zero-order chi connectivity index (χ0) is 33.7. The highest BCUT2D eigenvalue weighted by atomic mass is 16.5. The highest BCUT2D eigenvalue weighted by Crippen LogP contribution is 2.60. The lowest BCUT2D eigenvalue weighted by Gasteiger charge is -2.57. The van der Waals surface area contributed by atoms with Gasteiger partial charge in [0.2, 0.25) is 0 Å². The number of carbonyl (C=O) groups is 3. The fourth-order valence-corrected chi connectivity index (χ4v) is 9.44. The van der Waals surface area contributed by atoms with Crippen LogP contribution in [0.3, 0.4) is 0 Å². The maximum Gasteiger partial charge on any atom is 0.335 e. The second-order valence-corrected chi connectivity index (χ2v) is 14.3. The monoisotopic (exact) mass is 652 g/mol. The van der Waals surface area contributed by atoms with Crippen LogP contribution >= 0.6 is 0 Å². The summed E-state index contributed by atoms with van der Waals surface area (Å²) in [5.74, 6) is 2.06. The zero-order valence-corrected chi connectivity index (χ0v) is 27.7. The van der Waals surface area contributed by atoms with Gasteiger partial charge in [0, 0.05) is 5.56 Å². The minimum Gasteiger partial charge on any atom is -0.493 e. The molecular weight excluding hydrogens is 612 g/mol. The van der Waals surface area contributed by atoms with Crippen molar-refractivity contribution in [1.29, 1.82) is 0 Å². The van der Waals surface area contributed by atoms with Crippen LogP contribution in [0.5, 0.6) is 11.5 Å². The largest absolute Gasteiger partial charge is 0.493 e. The van der Waals surface area contributed by atoms with Crippen molar-refractivity contribution in [2.75, 3.05) is 12.0 Å². The zero-order valence-electron chi connectivity index (χ0n) is 27.7. The molecule has 7 heteroatoms. The van der Waals surface area contributed by atoms with Crippen LogP contribution in [0.25, 0.3) is 16.8 Å². The number of rotatable bonds is 9. The Morgan fingerprint density at radius 1 is 0.878 bits per heavy atom. The molecule has 0 radical (unpaired) electrons. The molecule has 4 aromatic rings. The molecule has 0 atom stereocenters. The van der Waals surface area contributed by atoms with Crippen LogP contribution in [0.15, 0.2) is 97.1 Å². The first-order valence-electron chi connectivity index (χ1n) is 17.3. The SMILES string of the molecule is C=CCc1cc(/C=C2\C(=O)NC(=O)N(c3ccc(C45CC6CC(CC(C6)C4)C5)cc3)C2=O)cc(OC)c1OCc1cccc2ccccc12. The first kappa shape index (κ1) is 31.1. The highest BCUT2D eigenvalue weighted by Gasteiger charge is 2.51. The van der Waals surface area contributed by atoms with Gasteiger partial charge in [-0.05, 0) is 126 Å². The summed E-state index contributed by atoms with van der Waals surface area (Å²) in [4.78, 5) is 41.1. The second-order valence-electron chi connectivity index (χ2n) is 14.3. The van der Waals surface area contributed by atoms with Crippen molar-refractivity contribution in [2.24, 2.45) is 17.8 Å². The normalized spacial score (nSPS) is 25.2. The van der Waals surface area contributed by atoms with Crippen LogP contribution in [-0.4, -0.2) is 25.0 Å². The molecule has 9 rings (SSSR count). The number of benzene rings is 4. The fourth-order valence-electron chi connectivity index (χ4n) is 9.44. The van der Waals surface area contributed by atoms with Crippen LogP contribution in [0.1, 0.15) is 60.8 Å². The molecule has 5 aliphatic rings. The van der Waals surface area contributed by atoms with Crippen LogP contribution in [0, 0.1) is 17.8 Å². The maximum atomic E-state index is 13.9. The van der Waals surface area contributed by atoms with Crippen LogP contribution in [-0.2, 0) is 28.0 Å². The van der Waals surface area contributed by atoms with Crippen molar-refractivity contribution in [1.82, 2.24) is 5.32 Å². The number of amides is 4. The van der Waals surface area contributed by atoms with Crippen molar-refractivity contribution in [3.8, 4) is 11.5 Å². The molecule has 4 saturated carbocycles. The molecule has 0 aromatic heterocycles. The van der Waals surface area contributed by atoms with Gasteiger partial charge in [-0.15, -0.1) is 6.58 Å². The standard InChI is InChI=1S/C42H40N2O5/c1-3-7-31-19-26(21-37(48-2)38(31)49-25-32-10-6-9-30-8-4-5-11-35(30)32)20-36-39(45)43-41(47)44(40(36)46)34-14-12-33(13-15-34)42-22-27-16-28(23-42)18-29(17-27)24-42/h3-6,8-15,19-21,27-29H,1,7,16-18,22-25H2,2H3,(H,43,45,47)/b36-20+. The molecule has 4 amide bonds. The minimum absolute atomic E-state index is 0.138. The van der Waals surface area contributed by atoms with E-state index in [1.807, 2.05) is 42.5 Å². The van der Waals surface area contributed by atoms with Crippen LogP contribution in [0.4, 0.5) is 10.5 Å². The Bertz CT molecular complexity index is 1990. The summed E-state index contributed by atoms with van der Waals surface area (Å²) < 4.78 is 12.1. The van der Waals surface area contributed by atoms with Gasteiger partial charge in [0.05, 0.1) is 12.8 Å². The van der Waals surface area contributed by atoms with Gasteiger partial charge in [-0.2, -0.15) is 0 Å². The van der Waals surface area contributed by atoms with Gasteiger partial charge in [-0.3, -0.25) is 14.9 Å². The average Bonchev–Trinajstić information content (AvgIpc) is 3.09. The summed E-state index contributed by atoms with van der Waals surface area (Å²) in [7, 11) is 1.56. The van der Waals surface area contributed by atoms with E-state index in [0.717, 1.165) is 44.6 Å². The molecule has 1 saturated heterocycles. The van der Waals surface area contributed by atoms with Crippen molar-refractivity contribution in [3.63, 3.8) is 0 Å². The van der Waals surface area contributed by atoms with Crippen molar-refractivity contribution < 1.29 is 23.9 Å². The quantitative estimate of drug-likeness (QED) is 0.112. The number of barbiturate groups is 1. The summed E-state index contributed by atoms with van der Waals surface area (Å²) in [6.07, 6.45) is 11.5. The molecule has 0 spiro atoms. The number of hydrogen-bond acceptors (Lipinski definition) is 5. The summed E-state index contributed by atoms with van der Waals surface area (Å²) in [6.45, 7) is 4.24. The Kier molecular flexibility index (Phi) is 7.86. The van der Waals surface area contributed by atoms with Gasteiger partial charge in [0.1, 0.15) is 12.2 Å². The molecule has 1 aliphatic heterocycles. The molecule has 4 bridgehead atoms. The first-order chi connectivity index (χ1) is 23.8. The number of methoxy groups -OCH3 is 1. The Morgan fingerprint density at radius 2 is 1.57 bits per heavy atom. The average molecular weight is 653 g/mol.